The van der Waals surface area contributed by atoms with Crippen LogP contribution in [0.1, 0.15) is 48.0 Å². The summed E-state index contributed by atoms with van der Waals surface area (Å²) in [5.74, 6) is 0.731. The van der Waals surface area contributed by atoms with Crippen LogP contribution >= 0.6 is 0 Å². The van der Waals surface area contributed by atoms with Gasteiger partial charge in [0.25, 0.3) is 0 Å². The molecule has 0 radical (unpaired) electrons. The molecule has 4 atom stereocenters. The van der Waals surface area contributed by atoms with Crippen LogP contribution in [-0.4, -0.2) is 57.3 Å². The van der Waals surface area contributed by atoms with E-state index in [1.54, 1.807) is 0 Å². The summed E-state index contributed by atoms with van der Waals surface area (Å²) in [4.78, 5) is 0. The molecule has 27 heavy (non-hydrogen) atoms. The molecule has 0 aromatic rings. The first-order valence-electron chi connectivity index (χ1n) is 10.6. The zero-order valence-electron chi connectivity index (χ0n) is 17.9. The molecule has 2 unspecified atom stereocenters. The molecule has 158 valence electrons. The molecule has 0 aromatic carbocycles. The molecule has 2 rings (SSSR count). The maximum atomic E-state index is 6.32. The summed E-state index contributed by atoms with van der Waals surface area (Å²) in [7, 11) is -5.87. The second-order valence-electron chi connectivity index (χ2n) is 6.81. The van der Waals surface area contributed by atoms with Gasteiger partial charge in [0.2, 0.25) is 0 Å². The average molecular weight is 419 g/mol. The van der Waals surface area contributed by atoms with E-state index in [2.05, 4.69) is 12.2 Å². The fourth-order valence-corrected chi connectivity index (χ4v) is 13.0. The highest BCUT2D eigenvalue weighted by molar-refractivity contribution is 6.69. The van der Waals surface area contributed by atoms with Crippen LogP contribution < -0.4 is 0 Å². The molecule has 0 N–H and O–H groups in total. The fraction of sp³-hybridized carbons (Fsp3) is 0.895. The second-order valence-corrected chi connectivity index (χ2v) is 12.3. The first-order valence-corrected chi connectivity index (χ1v) is 14.2. The van der Waals surface area contributed by atoms with Crippen LogP contribution in [0.15, 0.2) is 12.2 Å². The molecule has 0 heterocycles. The van der Waals surface area contributed by atoms with E-state index >= 15 is 0 Å². The third kappa shape index (κ3) is 4.58. The molecule has 0 spiro atoms. The van der Waals surface area contributed by atoms with Crippen molar-refractivity contribution in [3.05, 3.63) is 12.2 Å². The molecule has 2 aliphatic rings. The molecule has 6 nitrogen and oxygen atoms in total. The molecular formula is C19H38O6Si2. The van der Waals surface area contributed by atoms with Crippen LogP contribution in [-0.2, 0) is 26.6 Å². The van der Waals surface area contributed by atoms with Crippen molar-refractivity contribution in [1.29, 1.82) is 0 Å². The number of rotatable bonds is 14. The molecule has 0 aliphatic heterocycles. The van der Waals surface area contributed by atoms with Crippen molar-refractivity contribution >= 4 is 17.6 Å². The second kappa shape index (κ2) is 10.6. The van der Waals surface area contributed by atoms with Gasteiger partial charge in [0.15, 0.2) is 0 Å². The average Bonchev–Trinajstić information content (AvgIpc) is 3.24. The van der Waals surface area contributed by atoms with Crippen molar-refractivity contribution in [2.24, 2.45) is 11.8 Å². The van der Waals surface area contributed by atoms with E-state index in [-0.39, 0.29) is 11.1 Å². The Labute approximate surface area is 167 Å². The van der Waals surface area contributed by atoms with Crippen LogP contribution in [0.3, 0.4) is 0 Å². The summed E-state index contributed by atoms with van der Waals surface area (Å²) in [6.45, 7) is 15.5. The standard InChI is InChI=1S/C19H38O6Si2/c1-7-20-26(21-8-2,22-9-3)18-16-13-14-17(15-16)19(18)27(23-10-4,24-11-5)25-12-6/h13-14,16-19H,7-12,15H2,1-6H3/t16?,17?,18-,19-/m0/s1. The van der Waals surface area contributed by atoms with Gasteiger partial charge in [0.05, 0.1) is 0 Å². The summed E-state index contributed by atoms with van der Waals surface area (Å²) in [5, 5.41) is 0. The lowest BCUT2D eigenvalue weighted by Crippen LogP contribution is -2.60. The van der Waals surface area contributed by atoms with Crippen LogP contribution in [0.5, 0.6) is 0 Å². The summed E-state index contributed by atoms with van der Waals surface area (Å²) >= 11 is 0. The lowest BCUT2D eigenvalue weighted by atomic mass is 10.1. The van der Waals surface area contributed by atoms with E-state index < -0.39 is 17.6 Å². The lowest BCUT2D eigenvalue weighted by Gasteiger charge is -2.44. The summed E-state index contributed by atoms with van der Waals surface area (Å²) in [6.07, 6.45) is 5.70. The molecule has 1 saturated carbocycles. The van der Waals surface area contributed by atoms with Gasteiger partial charge in [-0.2, -0.15) is 0 Å². The van der Waals surface area contributed by atoms with Gasteiger partial charge in [-0.15, -0.1) is 0 Å². The van der Waals surface area contributed by atoms with Crippen molar-refractivity contribution in [3.8, 4) is 0 Å². The molecule has 0 amide bonds. The number of hydrogen-bond donors (Lipinski definition) is 0. The van der Waals surface area contributed by atoms with Gasteiger partial charge in [-0.05, 0) is 59.8 Å². The van der Waals surface area contributed by atoms with Gasteiger partial charge in [-0.25, -0.2) is 0 Å². The molecule has 0 aromatic heterocycles. The Bertz CT molecular complexity index is 401. The summed E-state index contributed by atoms with van der Waals surface area (Å²) in [6, 6.07) is 0. The first kappa shape index (κ1) is 23.2. The monoisotopic (exact) mass is 418 g/mol. The van der Waals surface area contributed by atoms with Gasteiger partial charge < -0.3 is 26.6 Å². The third-order valence-electron chi connectivity index (χ3n) is 5.35. The molecular weight excluding hydrogens is 380 g/mol. The predicted octanol–water partition coefficient (Wildman–Crippen LogP) is 4.03. The maximum Gasteiger partial charge on any atom is 0.505 e. The molecule has 2 bridgehead atoms. The Morgan fingerprint density at radius 3 is 1.04 bits per heavy atom. The van der Waals surface area contributed by atoms with Crippen molar-refractivity contribution in [1.82, 2.24) is 0 Å². The number of hydrogen-bond acceptors (Lipinski definition) is 6. The van der Waals surface area contributed by atoms with Crippen molar-refractivity contribution < 1.29 is 26.6 Å². The van der Waals surface area contributed by atoms with Crippen molar-refractivity contribution in [3.63, 3.8) is 0 Å². The minimum absolute atomic E-state index is 0.115. The predicted molar refractivity (Wildman–Crippen MR) is 110 cm³/mol. The summed E-state index contributed by atoms with van der Waals surface area (Å²) in [5.41, 5.74) is 0.229. The van der Waals surface area contributed by atoms with Crippen LogP contribution in [0.2, 0.25) is 11.1 Å². The molecule has 0 saturated heterocycles. The Morgan fingerprint density at radius 1 is 0.556 bits per heavy atom. The van der Waals surface area contributed by atoms with E-state index in [4.69, 9.17) is 26.6 Å². The fourth-order valence-electron chi connectivity index (χ4n) is 4.82. The Morgan fingerprint density at radius 2 is 0.815 bits per heavy atom. The van der Waals surface area contributed by atoms with Crippen molar-refractivity contribution in [2.45, 2.75) is 59.0 Å². The Hall–Kier alpha value is -0.0662. The molecule has 2 aliphatic carbocycles. The van der Waals surface area contributed by atoms with Gasteiger partial charge in [-0.3, -0.25) is 0 Å². The number of fused-ring (bicyclic) bond motifs is 2. The van der Waals surface area contributed by atoms with E-state index in [0.29, 0.717) is 51.5 Å². The largest absolute Gasteiger partial charge is 0.505 e. The minimum atomic E-state index is -2.93. The highest BCUT2D eigenvalue weighted by Crippen LogP contribution is 2.63. The van der Waals surface area contributed by atoms with Crippen LogP contribution in [0.4, 0.5) is 0 Å². The normalized spacial score (nSPS) is 27.6. The van der Waals surface area contributed by atoms with Gasteiger partial charge in [0, 0.05) is 50.7 Å². The van der Waals surface area contributed by atoms with E-state index in [1.165, 1.54) is 0 Å². The van der Waals surface area contributed by atoms with Gasteiger partial charge in [-0.1, -0.05) is 12.2 Å². The highest BCUT2D eigenvalue weighted by Gasteiger charge is 2.70. The van der Waals surface area contributed by atoms with Gasteiger partial charge >= 0.3 is 17.6 Å². The highest BCUT2D eigenvalue weighted by atomic mass is 28.4. The van der Waals surface area contributed by atoms with Crippen LogP contribution in [0.25, 0.3) is 0 Å². The van der Waals surface area contributed by atoms with Crippen molar-refractivity contribution in [2.75, 3.05) is 39.6 Å². The Kier molecular flexibility index (Phi) is 9.15. The van der Waals surface area contributed by atoms with Crippen LogP contribution in [0, 0.1) is 11.8 Å². The SMILES string of the molecule is CCO[Si](OCC)(OCC)[C@H]1C2C=CC(C2)[C@@H]1[Si](OCC)(OCC)OCC. The van der Waals surface area contributed by atoms with Gasteiger partial charge in [0.1, 0.15) is 0 Å². The Balaban J connectivity index is 2.51. The first-order chi connectivity index (χ1) is 13.1. The van der Waals surface area contributed by atoms with E-state index in [1.807, 2.05) is 41.5 Å². The molecule has 1 fully saturated rings. The van der Waals surface area contributed by atoms with E-state index in [9.17, 15) is 0 Å². The van der Waals surface area contributed by atoms with E-state index in [0.717, 1.165) is 6.42 Å². The summed E-state index contributed by atoms with van der Waals surface area (Å²) < 4.78 is 37.9. The lowest BCUT2D eigenvalue weighted by molar-refractivity contribution is 0.0362. The quantitative estimate of drug-likeness (QED) is 0.314. The zero-order chi connectivity index (χ0) is 19.9. The number of allylic oxidation sites excluding steroid dienone is 2. The zero-order valence-corrected chi connectivity index (χ0v) is 19.9. The maximum absolute atomic E-state index is 6.32. The minimum Gasteiger partial charge on any atom is -0.374 e. The topological polar surface area (TPSA) is 55.4 Å². The molecule has 8 heteroatoms. The third-order valence-corrected chi connectivity index (χ3v) is 13.0. The smallest absolute Gasteiger partial charge is 0.374 e.